The first-order chi connectivity index (χ1) is 16.1. The van der Waals surface area contributed by atoms with Gasteiger partial charge in [-0.1, -0.05) is 18.2 Å². The first-order valence-corrected chi connectivity index (χ1v) is 12.6. The topological polar surface area (TPSA) is 117 Å². The average Bonchev–Trinajstić information content (AvgIpc) is 3.29. The van der Waals surface area contributed by atoms with Crippen molar-refractivity contribution < 1.29 is 22.7 Å². The standard InChI is InChI=1S/C24H25N3O6S/c1-15-11-20(17(3)26(15)19-9-10-34(31,32)14-19)22(29)13-33-24(30)23-21(28)12-16(2)27(25-23)18-7-5-4-6-8-18/h4-8,11-12,19H,9-10,13-14H2,1-3H3. The molecule has 1 atom stereocenters. The number of esters is 1. The van der Waals surface area contributed by atoms with Gasteiger partial charge >= 0.3 is 5.97 Å². The molecule has 0 bridgehead atoms. The SMILES string of the molecule is Cc1cc(=O)c(C(=O)OCC(=O)c2cc(C)n(C3CCS(=O)(=O)C3)c2C)nn1-c1ccccc1. The van der Waals surface area contributed by atoms with Crippen molar-refractivity contribution in [1.82, 2.24) is 14.3 Å². The van der Waals surface area contributed by atoms with Crippen molar-refractivity contribution in [1.29, 1.82) is 0 Å². The molecule has 10 heteroatoms. The predicted molar refractivity (Wildman–Crippen MR) is 125 cm³/mol. The molecule has 0 radical (unpaired) electrons. The van der Waals surface area contributed by atoms with Crippen molar-refractivity contribution in [3.63, 3.8) is 0 Å². The van der Waals surface area contributed by atoms with Crippen LogP contribution in [0.5, 0.6) is 0 Å². The van der Waals surface area contributed by atoms with Gasteiger partial charge in [0, 0.05) is 34.8 Å². The maximum Gasteiger partial charge on any atom is 0.363 e. The zero-order chi connectivity index (χ0) is 24.6. The summed E-state index contributed by atoms with van der Waals surface area (Å²) in [6.07, 6.45) is 0.494. The molecule has 34 heavy (non-hydrogen) atoms. The highest BCUT2D eigenvalue weighted by atomic mass is 32.2. The van der Waals surface area contributed by atoms with Crippen LogP contribution < -0.4 is 5.43 Å². The summed E-state index contributed by atoms with van der Waals surface area (Å²) in [5.41, 5.74) is 1.96. The smallest absolute Gasteiger partial charge is 0.363 e. The Kier molecular flexibility index (Phi) is 6.26. The van der Waals surface area contributed by atoms with E-state index in [0.29, 0.717) is 29.1 Å². The molecule has 3 aromatic rings. The summed E-state index contributed by atoms with van der Waals surface area (Å²) in [5.74, 6) is -1.26. The fourth-order valence-electron chi connectivity index (χ4n) is 4.40. The van der Waals surface area contributed by atoms with Crippen LogP contribution in [0.15, 0.2) is 47.3 Å². The van der Waals surface area contributed by atoms with Gasteiger partial charge in [-0.15, -0.1) is 0 Å². The van der Waals surface area contributed by atoms with Crippen molar-refractivity contribution in [2.75, 3.05) is 18.1 Å². The molecule has 1 aromatic carbocycles. The molecule has 0 N–H and O–H groups in total. The van der Waals surface area contributed by atoms with Gasteiger partial charge in [0.25, 0.3) is 0 Å². The summed E-state index contributed by atoms with van der Waals surface area (Å²) in [4.78, 5) is 37.8. The first-order valence-electron chi connectivity index (χ1n) is 10.8. The molecule has 1 fully saturated rings. The summed E-state index contributed by atoms with van der Waals surface area (Å²) in [6.45, 7) is 4.69. The van der Waals surface area contributed by atoms with E-state index in [-0.39, 0.29) is 17.5 Å². The molecule has 0 aliphatic carbocycles. The van der Waals surface area contributed by atoms with E-state index in [1.54, 1.807) is 32.0 Å². The number of nitrogens with zero attached hydrogens (tertiary/aromatic N) is 3. The lowest BCUT2D eigenvalue weighted by Gasteiger charge is -2.16. The fraction of sp³-hybridized carbons (Fsp3) is 0.333. The number of benzene rings is 1. The highest BCUT2D eigenvalue weighted by molar-refractivity contribution is 7.91. The molecular weight excluding hydrogens is 458 g/mol. The van der Waals surface area contributed by atoms with Crippen LogP contribution in [0.25, 0.3) is 5.69 Å². The Hall–Kier alpha value is -3.53. The van der Waals surface area contributed by atoms with E-state index in [1.165, 1.54) is 10.7 Å². The summed E-state index contributed by atoms with van der Waals surface area (Å²) < 4.78 is 32.2. The third-order valence-corrected chi connectivity index (χ3v) is 7.74. The number of sulfone groups is 1. The van der Waals surface area contributed by atoms with Crippen LogP contribution in [0.1, 0.15) is 50.4 Å². The summed E-state index contributed by atoms with van der Waals surface area (Å²) in [6, 6.07) is 11.8. The van der Waals surface area contributed by atoms with Crippen molar-refractivity contribution in [2.24, 2.45) is 0 Å². The Bertz CT molecular complexity index is 1440. The first kappa shape index (κ1) is 23.6. The molecule has 1 unspecified atom stereocenters. The highest BCUT2D eigenvalue weighted by Crippen LogP contribution is 2.29. The van der Waals surface area contributed by atoms with Gasteiger partial charge in [0.1, 0.15) is 0 Å². The maximum absolute atomic E-state index is 12.8. The van der Waals surface area contributed by atoms with Crippen LogP contribution >= 0.6 is 0 Å². The van der Waals surface area contributed by atoms with Crippen LogP contribution in [-0.4, -0.2) is 52.6 Å². The van der Waals surface area contributed by atoms with Gasteiger partial charge in [-0.25, -0.2) is 17.9 Å². The Balaban J connectivity index is 1.52. The Labute approximate surface area is 196 Å². The van der Waals surface area contributed by atoms with Crippen molar-refractivity contribution in [3.8, 4) is 5.69 Å². The number of para-hydroxylation sites is 1. The van der Waals surface area contributed by atoms with Gasteiger partial charge in [-0.3, -0.25) is 9.59 Å². The van der Waals surface area contributed by atoms with Gasteiger partial charge in [0.15, 0.2) is 16.4 Å². The van der Waals surface area contributed by atoms with E-state index in [1.807, 2.05) is 29.7 Å². The lowest BCUT2D eigenvalue weighted by Crippen LogP contribution is -2.25. The quantitative estimate of drug-likeness (QED) is 0.390. The van der Waals surface area contributed by atoms with Crippen LogP contribution in [0.2, 0.25) is 0 Å². The summed E-state index contributed by atoms with van der Waals surface area (Å²) >= 11 is 0. The van der Waals surface area contributed by atoms with Gasteiger partial charge in [0.2, 0.25) is 16.9 Å². The van der Waals surface area contributed by atoms with Gasteiger partial charge in [-0.2, -0.15) is 5.10 Å². The predicted octanol–water partition coefficient (Wildman–Crippen LogP) is 2.36. The summed E-state index contributed by atoms with van der Waals surface area (Å²) in [5, 5.41) is 4.15. The number of carbonyl (C=O) groups is 2. The van der Waals surface area contributed by atoms with E-state index >= 15 is 0 Å². The molecule has 0 amide bonds. The lowest BCUT2D eigenvalue weighted by molar-refractivity contribution is 0.0465. The van der Waals surface area contributed by atoms with E-state index in [0.717, 1.165) is 5.69 Å². The third-order valence-electron chi connectivity index (χ3n) is 5.99. The largest absolute Gasteiger partial charge is 0.452 e. The zero-order valence-electron chi connectivity index (χ0n) is 19.1. The molecule has 2 aromatic heterocycles. The maximum atomic E-state index is 12.8. The van der Waals surface area contributed by atoms with Crippen LogP contribution in [0, 0.1) is 20.8 Å². The Morgan fingerprint density at radius 2 is 1.79 bits per heavy atom. The molecule has 4 rings (SSSR count). The van der Waals surface area contributed by atoms with E-state index in [2.05, 4.69) is 5.10 Å². The average molecular weight is 484 g/mol. The molecular formula is C24H25N3O6S. The minimum atomic E-state index is -3.08. The molecule has 1 aliphatic rings. The van der Waals surface area contributed by atoms with E-state index in [4.69, 9.17) is 4.74 Å². The van der Waals surface area contributed by atoms with Crippen LogP contribution in [-0.2, 0) is 14.6 Å². The number of carbonyl (C=O) groups excluding carboxylic acids is 2. The molecule has 0 saturated carbocycles. The van der Waals surface area contributed by atoms with E-state index < -0.39 is 39.3 Å². The highest BCUT2D eigenvalue weighted by Gasteiger charge is 2.32. The second kappa shape index (κ2) is 9.02. The van der Waals surface area contributed by atoms with Crippen LogP contribution in [0.3, 0.4) is 0 Å². The molecule has 3 heterocycles. The Morgan fingerprint density at radius 3 is 2.44 bits per heavy atom. The number of ketones is 1. The number of rotatable bonds is 6. The number of aryl methyl sites for hydroxylation is 2. The minimum Gasteiger partial charge on any atom is -0.452 e. The second-order valence-electron chi connectivity index (χ2n) is 8.46. The number of Topliss-reactive ketones (excluding diaryl/α,β-unsaturated/α-hetero) is 1. The molecule has 0 spiro atoms. The molecule has 1 saturated heterocycles. The molecule has 9 nitrogen and oxygen atoms in total. The summed E-state index contributed by atoms with van der Waals surface area (Å²) in [7, 11) is -3.08. The normalized spacial score (nSPS) is 17.0. The van der Waals surface area contributed by atoms with Crippen molar-refractivity contribution in [3.05, 3.63) is 81.0 Å². The third kappa shape index (κ3) is 4.58. The lowest BCUT2D eigenvalue weighted by atomic mass is 10.1. The number of hydrogen-bond acceptors (Lipinski definition) is 7. The minimum absolute atomic E-state index is 0.0404. The number of ether oxygens (including phenoxy) is 1. The number of aromatic nitrogens is 3. The van der Waals surface area contributed by atoms with E-state index in [9.17, 15) is 22.8 Å². The second-order valence-corrected chi connectivity index (χ2v) is 10.7. The van der Waals surface area contributed by atoms with Gasteiger partial charge < -0.3 is 9.30 Å². The molecule has 178 valence electrons. The molecule has 1 aliphatic heterocycles. The number of hydrogen-bond donors (Lipinski definition) is 0. The van der Waals surface area contributed by atoms with Crippen molar-refractivity contribution in [2.45, 2.75) is 33.2 Å². The van der Waals surface area contributed by atoms with Gasteiger partial charge in [-0.05, 0) is 45.4 Å². The van der Waals surface area contributed by atoms with Crippen molar-refractivity contribution >= 4 is 21.6 Å². The fourth-order valence-corrected chi connectivity index (χ4v) is 6.10. The zero-order valence-corrected chi connectivity index (χ0v) is 20.0. The monoisotopic (exact) mass is 483 g/mol. The van der Waals surface area contributed by atoms with Crippen LogP contribution in [0.4, 0.5) is 0 Å². The van der Waals surface area contributed by atoms with Gasteiger partial charge in [0.05, 0.1) is 17.2 Å². The Morgan fingerprint density at radius 1 is 1.09 bits per heavy atom.